The summed E-state index contributed by atoms with van der Waals surface area (Å²) in [4.78, 5) is 0. The molecule has 6 heteroatoms. The van der Waals surface area contributed by atoms with E-state index in [1.54, 1.807) is 24.3 Å². The average molecular weight is 443 g/mol. The maximum absolute atomic E-state index is 11.2. The van der Waals surface area contributed by atoms with Crippen LogP contribution in [-0.2, 0) is 21.3 Å². The molecular formula is C25H34N2O3S. The number of nitrogens with one attached hydrogen (secondary N) is 2. The van der Waals surface area contributed by atoms with Crippen LogP contribution in [0.15, 0.2) is 54.6 Å². The maximum atomic E-state index is 11.2. The summed E-state index contributed by atoms with van der Waals surface area (Å²) < 4.78 is 30.4. The Labute approximate surface area is 187 Å². The second-order valence-electron chi connectivity index (χ2n) is 7.59. The number of hydrogen-bond donors (Lipinski definition) is 2. The molecule has 168 valence electrons. The third kappa shape index (κ3) is 12.8. The number of sulfonamides is 1. The van der Waals surface area contributed by atoms with Crippen molar-refractivity contribution in [1.29, 1.82) is 0 Å². The summed E-state index contributed by atoms with van der Waals surface area (Å²) in [5.41, 5.74) is 2.71. The number of rotatable bonds is 14. The highest BCUT2D eigenvalue weighted by Gasteiger charge is 2.00. The standard InChI is InChI=1S/C25H34N2O3S/c1-31(28,29)27-25-17-15-23(16-18-25)14-11-21-30-20-10-5-3-2-4-9-19-26-22-24-12-7-6-8-13-24/h6-8,12-13,15-18,26-27H,2-5,9-10,19-22H2,1H3. The van der Waals surface area contributed by atoms with Gasteiger partial charge in [-0.05, 0) is 49.2 Å². The number of unbranched alkanes of at least 4 members (excludes halogenated alkanes) is 5. The van der Waals surface area contributed by atoms with Crippen LogP contribution in [0.3, 0.4) is 0 Å². The number of anilines is 1. The second-order valence-corrected chi connectivity index (χ2v) is 9.34. The first kappa shape index (κ1) is 24.9. The van der Waals surface area contributed by atoms with Crippen LogP contribution in [0.25, 0.3) is 0 Å². The van der Waals surface area contributed by atoms with Gasteiger partial charge in [-0.3, -0.25) is 4.72 Å². The Morgan fingerprint density at radius 2 is 1.55 bits per heavy atom. The molecule has 0 fully saturated rings. The number of hydrogen-bond acceptors (Lipinski definition) is 4. The summed E-state index contributed by atoms with van der Waals surface area (Å²) in [6.07, 6.45) is 8.42. The molecule has 0 aliphatic rings. The van der Waals surface area contributed by atoms with Gasteiger partial charge in [0.1, 0.15) is 6.61 Å². The Balaban J connectivity index is 1.40. The van der Waals surface area contributed by atoms with Crippen molar-refractivity contribution in [2.75, 3.05) is 30.7 Å². The zero-order chi connectivity index (χ0) is 22.2. The fraction of sp³-hybridized carbons (Fsp3) is 0.440. The average Bonchev–Trinajstić information content (AvgIpc) is 2.75. The Morgan fingerprint density at radius 1 is 0.871 bits per heavy atom. The van der Waals surface area contributed by atoms with Crippen molar-refractivity contribution in [3.05, 3.63) is 65.7 Å². The monoisotopic (exact) mass is 442 g/mol. The number of benzene rings is 2. The van der Waals surface area contributed by atoms with Gasteiger partial charge < -0.3 is 10.1 Å². The first-order chi connectivity index (χ1) is 15.0. The molecule has 0 aliphatic heterocycles. The minimum atomic E-state index is -3.25. The Hall–Kier alpha value is -2.33. The summed E-state index contributed by atoms with van der Waals surface area (Å²) in [5, 5.41) is 3.50. The van der Waals surface area contributed by atoms with Crippen molar-refractivity contribution in [2.45, 2.75) is 45.1 Å². The smallest absolute Gasteiger partial charge is 0.229 e. The minimum absolute atomic E-state index is 0.413. The molecule has 0 bridgehead atoms. The normalized spacial score (nSPS) is 11.0. The summed E-state index contributed by atoms with van der Waals surface area (Å²) in [6.45, 7) is 3.18. The van der Waals surface area contributed by atoms with Crippen LogP contribution in [0.5, 0.6) is 0 Å². The van der Waals surface area contributed by atoms with Crippen LogP contribution in [0.2, 0.25) is 0 Å². The fourth-order valence-electron chi connectivity index (χ4n) is 3.09. The van der Waals surface area contributed by atoms with E-state index >= 15 is 0 Å². The third-order valence-corrected chi connectivity index (χ3v) is 5.27. The molecule has 2 N–H and O–H groups in total. The van der Waals surface area contributed by atoms with Crippen molar-refractivity contribution in [1.82, 2.24) is 5.32 Å². The lowest BCUT2D eigenvalue weighted by atomic mass is 10.1. The van der Waals surface area contributed by atoms with Crippen molar-refractivity contribution >= 4 is 15.7 Å². The topological polar surface area (TPSA) is 67.4 Å². The van der Waals surface area contributed by atoms with Gasteiger partial charge in [0.25, 0.3) is 0 Å². The predicted octanol–water partition coefficient (Wildman–Crippen LogP) is 4.56. The van der Waals surface area contributed by atoms with E-state index in [0.717, 1.165) is 37.9 Å². The van der Waals surface area contributed by atoms with Gasteiger partial charge >= 0.3 is 0 Å². The van der Waals surface area contributed by atoms with E-state index in [0.29, 0.717) is 12.3 Å². The zero-order valence-electron chi connectivity index (χ0n) is 18.4. The predicted molar refractivity (Wildman–Crippen MR) is 128 cm³/mol. The van der Waals surface area contributed by atoms with Crippen molar-refractivity contribution in [2.24, 2.45) is 0 Å². The van der Waals surface area contributed by atoms with Crippen LogP contribution in [0.4, 0.5) is 5.69 Å². The SMILES string of the molecule is CS(=O)(=O)Nc1ccc(C#CCOCCCCCCCCNCc2ccccc2)cc1. The molecule has 2 aromatic carbocycles. The molecule has 0 aromatic heterocycles. The van der Waals surface area contributed by atoms with Gasteiger partial charge in [-0.15, -0.1) is 0 Å². The quantitative estimate of drug-likeness (QED) is 0.333. The van der Waals surface area contributed by atoms with Crippen molar-refractivity contribution in [3.8, 4) is 11.8 Å². The van der Waals surface area contributed by atoms with Gasteiger partial charge in [0.05, 0.1) is 6.26 Å². The van der Waals surface area contributed by atoms with Crippen LogP contribution < -0.4 is 10.0 Å². The van der Waals surface area contributed by atoms with Crippen LogP contribution in [-0.4, -0.2) is 34.4 Å². The van der Waals surface area contributed by atoms with Gasteiger partial charge in [0.15, 0.2) is 0 Å². The van der Waals surface area contributed by atoms with Gasteiger partial charge in [-0.1, -0.05) is 67.9 Å². The molecular weight excluding hydrogens is 408 g/mol. The van der Waals surface area contributed by atoms with Crippen LogP contribution >= 0.6 is 0 Å². The van der Waals surface area contributed by atoms with Gasteiger partial charge in [-0.2, -0.15) is 0 Å². The van der Waals surface area contributed by atoms with E-state index in [-0.39, 0.29) is 0 Å². The summed E-state index contributed by atoms with van der Waals surface area (Å²) in [6, 6.07) is 17.5. The highest BCUT2D eigenvalue weighted by molar-refractivity contribution is 7.92. The molecule has 5 nitrogen and oxygen atoms in total. The Morgan fingerprint density at radius 3 is 2.26 bits per heavy atom. The molecule has 0 radical (unpaired) electrons. The van der Waals surface area contributed by atoms with Crippen molar-refractivity contribution < 1.29 is 13.2 Å². The van der Waals surface area contributed by atoms with Crippen LogP contribution in [0.1, 0.15) is 49.7 Å². The first-order valence-corrected chi connectivity index (χ1v) is 12.8. The molecule has 0 aliphatic carbocycles. The van der Waals surface area contributed by atoms with Crippen molar-refractivity contribution in [3.63, 3.8) is 0 Å². The molecule has 0 heterocycles. The molecule has 0 spiro atoms. The van der Waals surface area contributed by atoms with E-state index in [4.69, 9.17) is 4.74 Å². The van der Waals surface area contributed by atoms with E-state index in [1.165, 1.54) is 37.7 Å². The maximum Gasteiger partial charge on any atom is 0.229 e. The Kier molecular flexibility index (Phi) is 11.8. The summed E-state index contributed by atoms with van der Waals surface area (Å²) in [5.74, 6) is 6.02. The van der Waals surface area contributed by atoms with Crippen LogP contribution in [0, 0.1) is 11.8 Å². The zero-order valence-corrected chi connectivity index (χ0v) is 19.2. The molecule has 2 rings (SSSR count). The largest absolute Gasteiger partial charge is 0.369 e. The molecule has 31 heavy (non-hydrogen) atoms. The Bertz CT molecular complexity index is 901. The lowest BCUT2D eigenvalue weighted by Gasteiger charge is -2.05. The summed E-state index contributed by atoms with van der Waals surface area (Å²) in [7, 11) is -3.25. The molecule has 0 unspecified atom stereocenters. The highest BCUT2D eigenvalue weighted by atomic mass is 32.2. The molecule has 0 atom stereocenters. The molecule has 0 saturated heterocycles. The second kappa shape index (κ2) is 14.6. The van der Waals surface area contributed by atoms with E-state index in [9.17, 15) is 8.42 Å². The lowest BCUT2D eigenvalue weighted by Crippen LogP contribution is -2.14. The summed E-state index contributed by atoms with van der Waals surface area (Å²) >= 11 is 0. The van der Waals surface area contributed by atoms with E-state index in [2.05, 4.69) is 46.1 Å². The van der Waals surface area contributed by atoms with E-state index in [1.807, 2.05) is 6.07 Å². The highest BCUT2D eigenvalue weighted by Crippen LogP contribution is 2.10. The lowest BCUT2D eigenvalue weighted by molar-refractivity contribution is 0.161. The fourth-order valence-corrected chi connectivity index (χ4v) is 3.65. The van der Waals surface area contributed by atoms with Gasteiger partial charge in [0, 0.05) is 24.4 Å². The first-order valence-electron chi connectivity index (χ1n) is 10.9. The van der Waals surface area contributed by atoms with Gasteiger partial charge in [0.2, 0.25) is 10.0 Å². The van der Waals surface area contributed by atoms with Gasteiger partial charge in [-0.25, -0.2) is 8.42 Å². The molecule has 0 saturated carbocycles. The molecule has 2 aromatic rings. The molecule has 0 amide bonds. The third-order valence-electron chi connectivity index (χ3n) is 4.66. The minimum Gasteiger partial charge on any atom is -0.369 e. The number of ether oxygens (including phenoxy) is 1. The van der Waals surface area contributed by atoms with E-state index < -0.39 is 10.0 Å².